The molecule has 0 heterocycles. The molecule has 60 valence electrons. The molecule has 0 aliphatic rings. The van der Waals surface area contributed by atoms with Gasteiger partial charge >= 0.3 is 0 Å². The summed E-state index contributed by atoms with van der Waals surface area (Å²) in [5.41, 5.74) is 0. The number of hydrogen-bond donors (Lipinski definition) is 0. The molecule has 2 nitrogen and oxygen atoms in total. The Morgan fingerprint density at radius 1 is 1.09 bits per heavy atom. The first-order chi connectivity index (χ1) is 5.11. The van der Waals surface area contributed by atoms with Gasteiger partial charge in [0.1, 0.15) is 5.92 Å². The summed E-state index contributed by atoms with van der Waals surface area (Å²) < 4.78 is 35.0. The Kier molecular flexibility index (Phi) is 4.05. The van der Waals surface area contributed by atoms with Crippen LogP contribution in [0.5, 0.6) is 0 Å². The molecule has 5 heteroatoms. The van der Waals surface area contributed by atoms with Gasteiger partial charge in [-0.3, -0.25) is 0 Å². The summed E-state index contributed by atoms with van der Waals surface area (Å²) in [5.74, 6) is -1.28. The van der Waals surface area contributed by atoms with Gasteiger partial charge in [0.25, 0.3) is 6.43 Å². The van der Waals surface area contributed by atoms with Crippen LogP contribution in [0.3, 0.4) is 0 Å². The Labute approximate surface area is 61.8 Å². The van der Waals surface area contributed by atoms with Crippen molar-refractivity contribution in [2.24, 2.45) is 5.92 Å². The first-order valence-electron chi connectivity index (χ1n) is 2.83. The quantitative estimate of drug-likeness (QED) is 0.633. The van der Waals surface area contributed by atoms with E-state index in [9.17, 15) is 13.2 Å². The van der Waals surface area contributed by atoms with Crippen LogP contribution in [0.4, 0.5) is 13.2 Å². The Bertz CT molecular complexity index is 177. The molecular formula is C6H5F3N2. The Hall–Kier alpha value is -1.23. The number of nitriles is 2. The standard InChI is InChI=1S/C6H5F3N2/c7-5(6(8)9)1-4(2-10)3-11/h4-6H,1H2. The van der Waals surface area contributed by atoms with Crippen LogP contribution in [0.25, 0.3) is 0 Å². The summed E-state index contributed by atoms with van der Waals surface area (Å²) in [6.45, 7) is 0. The molecule has 0 fully saturated rings. The van der Waals surface area contributed by atoms with Crippen LogP contribution in [0.1, 0.15) is 6.42 Å². The third kappa shape index (κ3) is 3.47. The van der Waals surface area contributed by atoms with Crippen LogP contribution in [0.2, 0.25) is 0 Å². The lowest BCUT2D eigenvalue weighted by molar-refractivity contribution is 0.0428. The molecule has 0 aromatic heterocycles. The highest BCUT2D eigenvalue weighted by Crippen LogP contribution is 2.14. The average molecular weight is 162 g/mol. The highest BCUT2D eigenvalue weighted by atomic mass is 19.3. The highest BCUT2D eigenvalue weighted by molar-refractivity contribution is 4.99. The zero-order valence-corrected chi connectivity index (χ0v) is 5.47. The highest BCUT2D eigenvalue weighted by Gasteiger charge is 2.23. The lowest BCUT2D eigenvalue weighted by Crippen LogP contribution is -2.15. The van der Waals surface area contributed by atoms with Crippen molar-refractivity contribution in [2.75, 3.05) is 0 Å². The summed E-state index contributed by atoms with van der Waals surface area (Å²) in [4.78, 5) is 0. The second-order valence-corrected chi connectivity index (χ2v) is 1.90. The van der Waals surface area contributed by atoms with Crippen molar-refractivity contribution < 1.29 is 13.2 Å². The van der Waals surface area contributed by atoms with Gasteiger partial charge in [0, 0.05) is 6.42 Å². The zero-order valence-electron chi connectivity index (χ0n) is 5.47. The van der Waals surface area contributed by atoms with Gasteiger partial charge in [-0.2, -0.15) is 10.5 Å². The lowest BCUT2D eigenvalue weighted by Gasteiger charge is -2.04. The molecule has 0 N–H and O–H groups in total. The fourth-order valence-corrected chi connectivity index (χ4v) is 0.462. The van der Waals surface area contributed by atoms with Crippen LogP contribution in [0.15, 0.2) is 0 Å². The van der Waals surface area contributed by atoms with Crippen molar-refractivity contribution in [1.29, 1.82) is 10.5 Å². The molecule has 1 unspecified atom stereocenters. The molecule has 0 saturated carbocycles. The van der Waals surface area contributed by atoms with Crippen molar-refractivity contribution in [2.45, 2.75) is 19.0 Å². The molecule has 11 heavy (non-hydrogen) atoms. The number of alkyl halides is 3. The molecule has 0 rings (SSSR count). The summed E-state index contributed by atoms with van der Waals surface area (Å²) in [5, 5.41) is 16.1. The fraction of sp³-hybridized carbons (Fsp3) is 0.667. The molecule has 0 amide bonds. The van der Waals surface area contributed by atoms with Crippen molar-refractivity contribution in [3.8, 4) is 12.1 Å². The smallest absolute Gasteiger partial charge is 0.241 e. The largest absolute Gasteiger partial charge is 0.269 e. The normalized spacial score (nSPS) is 12.6. The Balaban J connectivity index is 3.86. The van der Waals surface area contributed by atoms with Crippen LogP contribution in [0, 0.1) is 28.6 Å². The van der Waals surface area contributed by atoms with E-state index >= 15 is 0 Å². The maximum atomic E-state index is 12.1. The number of rotatable bonds is 3. The van der Waals surface area contributed by atoms with E-state index in [0.717, 1.165) is 0 Å². The number of hydrogen-bond acceptors (Lipinski definition) is 2. The third-order valence-corrected chi connectivity index (χ3v) is 1.05. The van der Waals surface area contributed by atoms with Gasteiger partial charge in [-0.25, -0.2) is 13.2 Å². The summed E-state index contributed by atoms with van der Waals surface area (Å²) in [6.07, 6.45) is -6.21. The van der Waals surface area contributed by atoms with Crippen LogP contribution in [-0.2, 0) is 0 Å². The van der Waals surface area contributed by atoms with E-state index in [1.54, 1.807) is 0 Å². The maximum absolute atomic E-state index is 12.1. The Morgan fingerprint density at radius 2 is 1.55 bits per heavy atom. The fourth-order valence-electron chi connectivity index (χ4n) is 0.462. The molecule has 0 aromatic rings. The number of halogens is 3. The first kappa shape index (κ1) is 9.77. The average Bonchev–Trinajstić information content (AvgIpc) is 1.99. The first-order valence-corrected chi connectivity index (χ1v) is 2.83. The van der Waals surface area contributed by atoms with Crippen LogP contribution < -0.4 is 0 Å². The topological polar surface area (TPSA) is 47.6 Å². The predicted octanol–water partition coefficient (Wildman–Crippen LogP) is 1.64. The Morgan fingerprint density at radius 3 is 1.82 bits per heavy atom. The van der Waals surface area contributed by atoms with E-state index in [0.29, 0.717) is 0 Å². The molecule has 0 aromatic carbocycles. The van der Waals surface area contributed by atoms with Gasteiger partial charge < -0.3 is 0 Å². The summed E-state index contributed by atoms with van der Waals surface area (Å²) >= 11 is 0. The zero-order chi connectivity index (χ0) is 8.85. The summed E-state index contributed by atoms with van der Waals surface area (Å²) in [6, 6.07) is 2.81. The molecule has 0 bridgehead atoms. The van der Waals surface area contributed by atoms with Crippen molar-refractivity contribution in [3.63, 3.8) is 0 Å². The minimum atomic E-state index is -3.11. The molecule has 0 aliphatic carbocycles. The van der Waals surface area contributed by atoms with Crippen LogP contribution >= 0.6 is 0 Å². The van der Waals surface area contributed by atoms with Gasteiger partial charge in [0.2, 0.25) is 0 Å². The van der Waals surface area contributed by atoms with Crippen molar-refractivity contribution in [1.82, 2.24) is 0 Å². The maximum Gasteiger partial charge on any atom is 0.269 e. The van der Waals surface area contributed by atoms with Gasteiger partial charge in [0.15, 0.2) is 6.17 Å². The second-order valence-electron chi connectivity index (χ2n) is 1.90. The minimum Gasteiger partial charge on any atom is -0.241 e. The van der Waals surface area contributed by atoms with Gasteiger partial charge in [-0.05, 0) is 0 Å². The van der Waals surface area contributed by atoms with Crippen molar-refractivity contribution in [3.05, 3.63) is 0 Å². The minimum absolute atomic E-state index is 0.718. The third-order valence-electron chi connectivity index (χ3n) is 1.05. The van der Waals surface area contributed by atoms with Crippen molar-refractivity contribution >= 4 is 0 Å². The molecule has 0 spiro atoms. The van der Waals surface area contributed by atoms with E-state index in [1.165, 1.54) is 12.1 Å². The molecule has 0 saturated heterocycles. The van der Waals surface area contributed by atoms with E-state index in [-0.39, 0.29) is 0 Å². The molecule has 0 aliphatic heterocycles. The lowest BCUT2D eigenvalue weighted by atomic mass is 10.1. The van der Waals surface area contributed by atoms with E-state index in [2.05, 4.69) is 0 Å². The second kappa shape index (κ2) is 4.56. The van der Waals surface area contributed by atoms with E-state index < -0.39 is 24.9 Å². The van der Waals surface area contributed by atoms with Gasteiger partial charge in [-0.1, -0.05) is 0 Å². The van der Waals surface area contributed by atoms with Gasteiger partial charge in [0.05, 0.1) is 12.1 Å². The predicted molar refractivity (Wildman–Crippen MR) is 30.2 cm³/mol. The molecular weight excluding hydrogens is 157 g/mol. The monoisotopic (exact) mass is 162 g/mol. The molecule has 0 radical (unpaired) electrons. The molecule has 1 atom stereocenters. The number of nitrogens with zero attached hydrogens (tertiary/aromatic N) is 2. The van der Waals surface area contributed by atoms with Gasteiger partial charge in [-0.15, -0.1) is 0 Å². The SMILES string of the molecule is N#CC(C#N)CC(F)C(F)F. The summed E-state index contributed by atoms with van der Waals surface area (Å²) in [7, 11) is 0. The van der Waals surface area contributed by atoms with E-state index in [1.807, 2.05) is 0 Å². The van der Waals surface area contributed by atoms with Crippen LogP contribution in [-0.4, -0.2) is 12.6 Å². The van der Waals surface area contributed by atoms with E-state index in [4.69, 9.17) is 10.5 Å².